The quantitative estimate of drug-likeness (QED) is 0.486. The lowest BCUT2D eigenvalue weighted by Gasteiger charge is -2.32. The van der Waals surface area contributed by atoms with Gasteiger partial charge in [-0.05, 0) is 82.6 Å². The predicted octanol–water partition coefficient (Wildman–Crippen LogP) is 4.58. The summed E-state index contributed by atoms with van der Waals surface area (Å²) >= 11 is 7.87. The van der Waals surface area contributed by atoms with Crippen LogP contribution in [0.4, 0.5) is 0 Å². The molecule has 2 aliphatic carbocycles. The van der Waals surface area contributed by atoms with Crippen molar-refractivity contribution in [2.75, 3.05) is 20.7 Å². The fourth-order valence-corrected chi connectivity index (χ4v) is 6.10. The van der Waals surface area contributed by atoms with Gasteiger partial charge in [0, 0.05) is 10.9 Å². The van der Waals surface area contributed by atoms with E-state index in [0.29, 0.717) is 24.9 Å². The third kappa shape index (κ3) is 4.37. The van der Waals surface area contributed by atoms with Crippen LogP contribution in [0.5, 0.6) is 5.88 Å². The standard InChI is InChI=1S/C21H28ClN3O3S/c1-4-27-16(26)11-12-5-10-15-17(12)18-19(23-21(22)24-20(18)29-15)28-14-8-6-13(7-9-14)25(2)3/h12-14H,4-11H2,1-3H3. The number of carbonyl (C=O) groups is 1. The molecular formula is C21H28ClN3O3S. The first-order valence-electron chi connectivity index (χ1n) is 10.4. The number of carbonyl (C=O) groups excluding carboxylic acids is 1. The molecule has 0 N–H and O–H groups in total. The Bertz CT molecular complexity index is 893. The van der Waals surface area contributed by atoms with Gasteiger partial charge in [-0.1, -0.05) is 0 Å². The van der Waals surface area contributed by atoms with E-state index in [2.05, 4.69) is 29.0 Å². The Morgan fingerprint density at radius 2 is 1.97 bits per heavy atom. The Kier molecular flexibility index (Phi) is 6.27. The smallest absolute Gasteiger partial charge is 0.306 e. The summed E-state index contributed by atoms with van der Waals surface area (Å²) in [5.41, 5.74) is 1.17. The number of rotatable bonds is 6. The van der Waals surface area contributed by atoms with Crippen LogP contribution in [-0.2, 0) is 16.0 Å². The van der Waals surface area contributed by atoms with Crippen molar-refractivity contribution in [1.29, 1.82) is 0 Å². The Hall–Kier alpha value is -1.44. The second-order valence-corrected chi connectivity index (χ2v) is 9.60. The lowest BCUT2D eigenvalue weighted by Crippen LogP contribution is -2.35. The number of aromatic nitrogens is 2. The van der Waals surface area contributed by atoms with Gasteiger partial charge in [-0.3, -0.25) is 4.79 Å². The number of thiophene rings is 1. The molecule has 8 heteroatoms. The van der Waals surface area contributed by atoms with E-state index in [1.165, 1.54) is 10.4 Å². The summed E-state index contributed by atoms with van der Waals surface area (Å²) < 4.78 is 11.6. The summed E-state index contributed by atoms with van der Waals surface area (Å²) in [4.78, 5) is 25.4. The molecule has 2 aliphatic rings. The SMILES string of the molecule is CCOC(=O)CC1CCc2sc3nc(Cl)nc(OC4CCC(N(C)C)CC4)c3c21. The van der Waals surface area contributed by atoms with Crippen LogP contribution in [0.25, 0.3) is 10.2 Å². The Morgan fingerprint density at radius 1 is 1.21 bits per heavy atom. The average Bonchev–Trinajstić information content (AvgIpc) is 3.21. The molecule has 0 bridgehead atoms. The molecule has 4 rings (SSSR count). The highest BCUT2D eigenvalue weighted by Gasteiger charge is 2.33. The summed E-state index contributed by atoms with van der Waals surface area (Å²) in [6, 6.07) is 0.614. The second-order valence-electron chi connectivity index (χ2n) is 8.17. The lowest BCUT2D eigenvalue weighted by atomic mass is 9.92. The molecule has 0 amide bonds. The van der Waals surface area contributed by atoms with E-state index >= 15 is 0 Å². The van der Waals surface area contributed by atoms with Crippen LogP contribution >= 0.6 is 22.9 Å². The largest absolute Gasteiger partial charge is 0.474 e. The summed E-state index contributed by atoms with van der Waals surface area (Å²) in [7, 11) is 4.27. The van der Waals surface area contributed by atoms with Crippen LogP contribution in [0, 0.1) is 0 Å². The van der Waals surface area contributed by atoms with Gasteiger partial charge in [-0.25, -0.2) is 4.98 Å². The van der Waals surface area contributed by atoms with Crippen LogP contribution in [0.2, 0.25) is 5.28 Å². The van der Waals surface area contributed by atoms with Crippen molar-refractivity contribution in [3.63, 3.8) is 0 Å². The summed E-state index contributed by atoms with van der Waals surface area (Å²) in [5, 5.41) is 1.17. The van der Waals surface area contributed by atoms with Gasteiger partial charge in [0.25, 0.3) is 0 Å². The van der Waals surface area contributed by atoms with Crippen LogP contribution in [0.3, 0.4) is 0 Å². The first-order chi connectivity index (χ1) is 14.0. The van der Waals surface area contributed by atoms with Gasteiger partial charge in [0.2, 0.25) is 11.2 Å². The van der Waals surface area contributed by atoms with Crippen molar-refractivity contribution < 1.29 is 14.3 Å². The van der Waals surface area contributed by atoms with Crippen molar-refractivity contribution in [1.82, 2.24) is 14.9 Å². The normalized spacial score (nSPS) is 24.1. The molecule has 1 unspecified atom stereocenters. The zero-order valence-corrected chi connectivity index (χ0v) is 18.8. The molecule has 0 aromatic carbocycles. The van der Waals surface area contributed by atoms with Crippen molar-refractivity contribution in [2.45, 2.75) is 69.9 Å². The van der Waals surface area contributed by atoms with E-state index in [0.717, 1.165) is 48.7 Å². The molecule has 2 aromatic heterocycles. The van der Waals surface area contributed by atoms with Crippen molar-refractivity contribution >= 4 is 39.1 Å². The van der Waals surface area contributed by atoms with E-state index in [-0.39, 0.29) is 23.3 Å². The van der Waals surface area contributed by atoms with E-state index in [1.807, 2.05) is 6.92 Å². The Balaban J connectivity index is 1.60. The van der Waals surface area contributed by atoms with Crippen molar-refractivity contribution in [2.24, 2.45) is 0 Å². The van der Waals surface area contributed by atoms with Crippen LogP contribution < -0.4 is 4.74 Å². The van der Waals surface area contributed by atoms with Gasteiger partial charge < -0.3 is 14.4 Å². The van der Waals surface area contributed by atoms with E-state index < -0.39 is 0 Å². The Labute approximate surface area is 180 Å². The molecule has 1 atom stereocenters. The molecule has 0 aliphatic heterocycles. The third-order valence-corrected chi connectivity index (χ3v) is 7.43. The average molecular weight is 438 g/mol. The minimum atomic E-state index is -0.149. The number of halogens is 1. The molecule has 0 spiro atoms. The number of fused-ring (bicyclic) bond motifs is 3. The first kappa shape index (κ1) is 20.8. The van der Waals surface area contributed by atoms with E-state index in [9.17, 15) is 4.79 Å². The minimum absolute atomic E-state index is 0.134. The number of aryl methyl sites for hydroxylation is 1. The summed E-state index contributed by atoms with van der Waals surface area (Å²) in [5.74, 6) is 0.569. The summed E-state index contributed by atoms with van der Waals surface area (Å²) in [6.07, 6.45) is 6.68. The van der Waals surface area contributed by atoms with E-state index in [1.54, 1.807) is 11.3 Å². The molecule has 2 heterocycles. The molecule has 1 saturated carbocycles. The minimum Gasteiger partial charge on any atom is -0.474 e. The van der Waals surface area contributed by atoms with Crippen LogP contribution in [0.1, 0.15) is 61.8 Å². The van der Waals surface area contributed by atoms with Crippen LogP contribution in [-0.4, -0.2) is 53.7 Å². The zero-order chi connectivity index (χ0) is 20.5. The molecule has 2 aromatic rings. The van der Waals surface area contributed by atoms with E-state index in [4.69, 9.17) is 21.1 Å². The number of ether oxygens (including phenoxy) is 2. The maximum absolute atomic E-state index is 12.1. The highest BCUT2D eigenvalue weighted by Crippen LogP contribution is 2.48. The maximum atomic E-state index is 12.1. The monoisotopic (exact) mass is 437 g/mol. The molecular weight excluding hydrogens is 410 g/mol. The Morgan fingerprint density at radius 3 is 2.66 bits per heavy atom. The van der Waals surface area contributed by atoms with Gasteiger partial charge >= 0.3 is 5.97 Å². The fraction of sp³-hybridized carbons (Fsp3) is 0.667. The molecule has 6 nitrogen and oxygen atoms in total. The molecule has 0 radical (unpaired) electrons. The van der Waals surface area contributed by atoms with Gasteiger partial charge in [0.1, 0.15) is 10.9 Å². The number of esters is 1. The molecule has 158 valence electrons. The topological polar surface area (TPSA) is 64.5 Å². The van der Waals surface area contributed by atoms with Crippen LogP contribution in [0.15, 0.2) is 0 Å². The van der Waals surface area contributed by atoms with Crippen molar-refractivity contribution in [3.8, 4) is 5.88 Å². The first-order valence-corrected chi connectivity index (χ1v) is 11.6. The number of nitrogens with zero attached hydrogens (tertiary/aromatic N) is 3. The van der Waals surface area contributed by atoms with Gasteiger partial charge in [-0.2, -0.15) is 4.98 Å². The second kappa shape index (κ2) is 8.74. The fourth-order valence-electron chi connectivity index (χ4n) is 4.63. The highest BCUT2D eigenvalue weighted by molar-refractivity contribution is 7.19. The third-order valence-electron chi connectivity index (χ3n) is 6.10. The molecule has 0 saturated heterocycles. The molecule has 29 heavy (non-hydrogen) atoms. The van der Waals surface area contributed by atoms with Gasteiger partial charge in [0.05, 0.1) is 18.4 Å². The van der Waals surface area contributed by atoms with Gasteiger partial charge in [-0.15, -0.1) is 11.3 Å². The zero-order valence-electron chi connectivity index (χ0n) is 17.2. The van der Waals surface area contributed by atoms with Gasteiger partial charge in [0.15, 0.2) is 0 Å². The lowest BCUT2D eigenvalue weighted by molar-refractivity contribution is -0.143. The predicted molar refractivity (Wildman–Crippen MR) is 115 cm³/mol. The van der Waals surface area contributed by atoms with Crippen molar-refractivity contribution in [3.05, 3.63) is 15.7 Å². The maximum Gasteiger partial charge on any atom is 0.306 e. The number of hydrogen-bond acceptors (Lipinski definition) is 7. The number of hydrogen-bond donors (Lipinski definition) is 0. The summed E-state index contributed by atoms with van der Waals surface area (Å²) in [6.45, 7) is 2.25. The molecule has 1 fully saturated rings. The highest BCUT2D eigenvalue weighted by atomic mass is 35.5.